The van der Waals surface area contributed by atoms with Crippen LogP contribution in [-0.4, -0.2) is 9.55 Å². The molecule has 3 nitrogen and oxygen atoms in total. The van der Waals surface area contributed by atoms with Crippen molar-refractivity contribution in [2.45, 2.75) is 18.3 Å². The average molecular weight is 273 g/mol. The van der Waals surface area contributed by atoms with Crippen molar-refractivity contribution in [1.82, 2.24) is 9.55 Å². The third-order valence-corrected chi connectivity index (χ3v) is 4.42. The van der Waals surface area contributed by atoms with Gasteiger partial charge in [-0.2, -0.15) is 5.26 Å². The van der Waals surface area contributed by atoms with Crippen molar-refractivity contribution < 1.29 is 0 Å². The molecule has 3 heteroatoms. The van der Waals surface area contributed by atoms with Crippen LogP contribution in [0.2, 0.25) is 0 Å². The lowest BCUT2D eigenvalue weighted by Crippen LogP contribution is -1.96. The van der Waals surface area contributed by atoms with Gasteiger partial charge >= 0.3 is 0 Å². The molecule has 0 aliphatic heterocycles. The van der Waals surface area contributed by atoms with Gasteiger partial charge in [0.2, 0.25) is 0 Å². The van der Waals surface area contributed by atoms with E-state index in [1.807, 2.05) is 25.2 Å². The van der Waals surface area contributed by atoms with Gasteiger partial charge in [-0.1, -0.05) is 36.4 Å². The van der Waals surface area contributed by atoms with Crippen molar-refractivity contribution in [2.75, 3.05) is 0 Å². The zero-order chi connectivity index (χ0) is 14.4. The Labute approximate surface area is 123 Å². The van der Waals surface area contributed by atoms with Crippen molar-refractivity contribution >= 4 is 11.0 Å². The van der Waals surface area contributed by atoms with Crippen molar-refractivity contribution in [3.63, 3.8) is 0 Å². The largest absolute Gasteiger partial charge is 0.331 e. The number of para-hydroxylation sites is 1. The van der Waals surface area contributed by atoms with Gasteiger partial charge in [-0.3, -0.25) is 0 Å². The van der Waals surface area contributed by atoms with E-state index in [1.54, 1.807) is 0 Å². The lowest BCUT2D eigenvalue weighted by atomic mass is 10.1. The van der Waals surface area contributed by atoms with Gasteiger partial charge in [0.25, 0.3) is 0 Å². The molecule has 3 aromatic rings. The highest BCUT2D eigenvalue weighted by atomic mass is 15.1. The minimum Gasteiger partial charge on any atom is -0.331 e. The van der Waals surface area contributed by atoms with Crippen LogP contribution in [0.25, 0.3) is 11.0 Å². The Morgan fingerprint density at radius 1 is 1.10 bits per heavy atom. The lowest BCUT2D eigenvalue weighted by molar-refractivity contribution is 0.804. The summed E-state index contributed by atoms with van der Waals surface area (Å²) in [5.41, 5.74) is 3.92. The first kappa shape index (κ1) is 12.2. The monoisotopic (exact) mass is 273 g/mol. The predicted octanol–water partition coefficient (Wildman–Crippen LogP) is 3.72. The van der Waals surface area contributed by atoms with Gasteiger partial charge in [-0.05, 0) is 30.0 Å². The fourth-order valence-electron chi connectivity index (χ4n) is 3.20. The Morgan fingerprint density at radius 2 is 1.90 bits per heavy atom. The maximum absolute atomic E-state index is 9.22. The van der Waals surface area contributed by atoms with Crippen LogP contribution in [0.1, 0.15) is 35.2 Å². The van der Waals surface area contributed by atoms with Gasteiger partial charge in [0, 0.05) is 13.0 Å². The number of imidazole rings is 1. The number of aryl methyl sites for hydroxylation is 1. The predicted molar refractivity (Wildman–Crippen MR) is 82.0 cm³/mol. The summed E-state index contributed by atoms with van der Waals surface area (Å²) in [4.78, 5) is 4.76. The molecule has 1 aliphatic rings. The summed E-state index contributed by atoms with van der Waals surface area (Å²) in [6.45, 7) is 0. The van der Waals surface area contributed by atoms with Gasteiger partial charge in [0.15, 0.2) is 0 Å². The fraction of sp³-hybridized carbons (Fsp3) is 0.222. The molecule has 0 spiro atoms. The van der Waals surface area contributed by atoms with E-state index in [-0.39, 0.29) is 0 Å². The minimum absolute atomic E-state index is 0.469. The molecule has 0 radical (unpaired) electrons. The molecule has 2 unspecified atom stereocenters. The normalized spacial score (nSPS) is 20.4. The molecule has 1 saturated carbocycles. The summed E-state index contributed by atoms with van der Waals surface area (Å²) in [5, 5.41) is 9.22. The number of benzene rings is 2. The van der Waals surface area contributed by atoms with E-state index < -0.39 is 0 Å². The van der Waals surface area contributed by atoms with Crippen molar-refractivity contribution in [1.29, 1.82) is 5.26 Å². The number of hydrogen-bond donors (Lipinski definition) is 0. The standard InChI is InChI=1S/C18H15N3/c1-21-16-9-5-8-13(11-19)17(16)20-18(21)15-10-14(15)12-6-3-2-4-7-12/h2-9,14-15H,10H2,1H3. The number of fused-ring (bicyclic) bond motifs is 1. The molecule has 21 heavy (non-hydrogen) atoms. The highest BCUT2D eigenvalue weighted by molar-refractivity contribution is 5.82. The maximum Gasteiger partial charge on any atom is 0.113 e. The van der Waals surface area contributed by atoms with Crippen molar-refractivity contribution in [3.8, 4) is 6.07 Å². The molecule has 0 N–H and O–H groups in total. The third-order valence-electron chi connectivity index (χ3n) is 4.42. The number of hydrogen-bond acceptors (Lipinski definition) is 2. The highest BCUT2D eigenvalue weighted by Crippen LogP contribution is 2.54. The highest BCUT2D eigenvalue weighted by Gasteiger charge is 2.42. The Balaban J connectivity index is 1.76. The molecule has 2 atom stereocenters. The summed E-state index contributed by atoms with van der Waals surface area (Å²) in [6.07, 6.45) is 1.14. The maximum atomic E-state index is 9.22. The van der Waals surface area contributed by atoms with Crippen LogP contribution in [0.5, 0.6) is 0 Å². The van der Waals surface area contributed by atoms with Gasteiger partial charge in [0.1, 0.15) is 17.4 Å². The first-order chi connectivity index (χ1) is 10.3. The first-order valence-electron chi connectivity index (χ1n) is 7.20. The summed E-state index contributed by atoms with van der Waals surface area (Å²) in [7, 11) is 2.05. The third kappa shape index (κ3) is 1.84. The van der Waals surface area contributed by atoms with E-state index in [4.69, 9.17) is 4.98 Å². The van der Waals surface area contributed by atoms with Gasteiger partial charge in [-0.15, -0.1) is 0 Å². The molecule has 1 aromatic heterocycles. The van der Waals surface area contributed by atoms with Crippen LogP contribution >= 0.6 is 0 Å². The molecule has 1 aliphatic carbocycles. The quantitative estimate of drug-likeness (QED) is 0.714. The van der Waals surface area contributed by atoms with Crippen molar-refractivity contribution in [3.05, 3.63) is 65.5 Å². The first-order valence-corrected chi connectivity index (χ1v) is 7.20. The molecule has 4 rings (SSSR count). The van der Waals surface area contributed by atoms with E-state index in [2.05, 4.69) is 41.0 Å². The molecule has 1 heterocycles. The second-order valence-corrected chi connectivity index (χ2v) is 5.67. The second-order valence-electron chi connectivity index (χ2n) is 5.67. The molecule has 0 saturated heterocycles. The molecule has 2 aromatic carbocycles. The van der Waals surface area contributed by atoms with E-state index in [0.717, 1.165) is 23.3 Å². The Kier molecular flexibility index (Phi) is 2.58. The summed E-state index contributed by atoms with van der Waals surface area (Å²) < 4.78 is 2.14. The van der Waals surface area contributed by atoms with Gasteiger partial charge in [-0.25, -0.2) is 4.98 Å². The fourth-order valence-corrected chi connectivity index (χ4v) is 3.20. The molecule has 0 bridgehead atoms. The van der Waals surface area contributed by atoms with E-state index in [1.165, 1.54) is 5.56 Å². The van der Waals surface area contributed by atoms with Crippen LogP contribution in [0.15, 0.2) is 48.5 Å². The number of aromatic nitrogens is 2. The van der Waals surface area contributed by atoms with Crippen LogP contribution in [0.3, 0.4) is 0 Å². The molecular weight excluding hydrogens is 258 g/mol. The topological polar surface area (TPSA) is 41.6 Å². The lowest BCUT2D eigenvalue weighted by Gasteiger charge is -2.02. The number of rotatable bonds is 2. The Morgan fingerprint density at radius 3 is 2.67 bits per heavy atom. The van der Waals surface area contributed by atoms with Crippen LogP contribution in [0, 0.1) is 11.3 Å². The molecular formula is C18H15N3. The summed E-state index contributed by atoms with van der Waals surface area (Å²) in [6, 6.07) is 18.6. The summed E-state index contributed by atoms with van der Waals surface area (Å²) in [5.74, 6) is 2.13. The second kappa shape index (κ2) is 4.46. The van der Waals surface area contributed by atoms with E-state index >= 15 is 0 Å². The smallest absolute Gasteiger partial charge is 0.113 e. The van der Waals surface area contributed by atoms with E-state index in [9.17, 15) is 5.26 Å². The molecule has 1 fully saturated rings. The van der Waals surface area contributed by atoms with Gasteiger partial charge < -0.3 is 4.57 Å². The zero-order valence-corrected chi connectivity index (χ0v) is 11.8. The minimum atomic E-state index is 0.469. The molecule has 0 amide bonds. The SMILES string of the molecule is Cn1c(C2CC2c2ccccc2)nc2c(C#N)cccc21. The van der Waals surface area contributed by atoms with Gasteiger partial charge in [0.05, 0.1) is 11.1 Å². The summed E-state index contributed by atoms with van der Waals surface area (Å²) >= 11 is 0. The Hall–Kier alpha value is -2.60. The number of nitrogens with zero attached hydrogens (tertiary/aromatic N) is 3. The Bertz CT molecular complexity index is 855. The van der Waals surface area contributed by atoms with E-state index in [0.29, 0.717) is 17.4 Å². The van der Waals surface area contributed by atoms with Crippen molar-refractivity contribution in [2.24, 2.45) is 7.05 Å². The zero-order valence-electron chi connectivity index (χ0n) is 11.8. The molecule has 102 valence electrons. The van der Waals surface area contributed by atoms with Crippen LogP contribution in [0.4, 0.5) is 0 Å². The number of nitriles is 1. The average Bonchev–Trinajstić information content (AvgIpc) is 3.26. The van der Waals surface area contributed by atoms with Crippen LogP contribution < -0.4 is 0 Å². The van der Waals surface area contributed by atoms with Crippen LogP contribution in [-0.2, 0) is 7.05 Å².